The topological polar surface area (TPSA) is 57.7 Å². The molecule has 0 aliphatic rings. The highest BCUT2D eigenvalue weighted by Crippen LogP contribution is 2.36. The Morgan fingerprint density at radius 2 is 1.46 bits per heavy atom. The van der Waals surface area contributed by atoms with Crippen LogP contribution in [0.3, 0.4) is 0 Å². The fraction of sp³-hybridized carbons (Fsp3) is 0.357. The fourth-order valence-corrected chi connectivity index (χ4v) is 4.41. The summed E-state index contributed by atoms with van der Waals surface area (Å²) in [5.74, 6) is 0.886. The molecule has 5 nitrogen and oxygen atoms in total. The first-order valence-electron chi connectivity index (χ1n) is 11.5. The second-order valence-electron chi connectivity index (χ2n) is 8.89. The number of rotatable bonds is 10. The number of methoxy groups -OCH3 is 2. The van der Waals surface area contributed by atoms with Crippen molar-refractivity contribution in [2.24, 2.45) is 5.92 Å². The van der Waals surface area contributed by atoms with Gasteiger partial charge in [-0.1, -0.05) is 67.4 Å². The van der Waals surface area contributed by atoms with Gasteiger partial charge in [0.1, 0.15) is 6.10 Å². The van der Waals surface area contributed by atoms with Crippen molar-refractivity contribution in [3.05, 3.63) is 87.2 Å². The third-order valence-corrected chi connectivity index (χ3v) is 6.51. The van der Waals surface area contributed by atoms with E-state index in [0.29, 0.717) is 33.0 Å². The van der Waals surface area contributed by atoms with Crippen LogP contribution in [0.15, 0.2) is 54.9 Å². The smallest absolute Gasteiger partial charge is 0.313 e. The standard InChI is InChI=1S/C28H31Cl2NO4/c1-17(2)12-19-6-8-20(9-7-19)18(3)28(32)35-26(14-22-23(29)15-31-16-24(22)30)21-10-11-25(33-4)27(13-21)34-5/h6-11,13,15-18,26H,12,14H2,1-5H3/t18-,26?/m0/s1. The van der Waals surface area contributed by atoms with Gasteiger partial charge >= 0.3 is 5.97 Å². The van der Waals surface area contributed by atoms with Crippen LogP contribution in [-0.2, 0) is 22.4 Å². The Balaban J connectivity index is 1.89. The quantitative estimate of drug-likeness (QED) is 0.266. The van der Waals surface area contributed by atoms with Crippen LogP contribution < -0.4 is 9.47 Å². The molecule has 1 unspecified atom stereocenters. The third kappa shape index (κ3) is 6.89. The molecule has 7 heteroatoms. The highest BCUT2D eigenvalue weighted by molar-refractivity contribution is 6.35. The first-order valence-corrected chi connectivity index (χ1v) is 12.3. The van der Waals surface area contributed by atoms with E-state index in [1.54, 1.807) is 26.4 Å². The lowest BCUT2D eigenvalue weighted by Crippen LogP contribution is -2.19. The lowest BCUT2D eigenvalue weighted by molar-refractivity contribution is -0.150. The largest absolute Gasteiger partial charge is 0.493 e. The first-order chi connectivity index (χ1) is 16.7. The third-order valence-electron chi connectivity index (χ3n) is 5.86. The van der Waals surface area contributed by atoms with Gasteiger partial charge in [-0.25, -0.2) is 0 Å². The number of pyridine rings is 1. The van der Waals surface area contributed by atoms with Crippen LogP contribution in [0.25, 0.3) is 0 Å². The van der Waals surface area contributed by atoms with E-state index < -0.39 is 12.0 Å². The monoisotopic (exact) mass is 515 g/mol. The Morgan fingerprint density at radius 1 is 0.857 bits per heavy atom. The molecule has 35 heavy (non-hydrogen) atoms. The average Bonchev–Trinajstić information content (AvgIpc) is 2.84. The van der Waals surface area contributed by atoms with Crippen LogP contribution in [-0.4, -0.2) is 25.2 Å². The first kappa shape index (κ1) is 26.8. The molecule has 0 fully saturated rings. The van der Waals surface area contributed by atoms with Gasteiger partial charge in [0.25, 0.3) is 0 Å². The summed E-state index contributed by atoms with van der Waals surface area (Å²) >= 11 is 12.8. The van der Waals surface area contributed by atoms with Crippen molar-refractivity contribution < 1.29 is 19.0 Å². The number of halogens is 2. The van der Waals surface area contributed by atoms with Crippen LogP contribution >= 0.6 is 23.2 Å². The highest BCUT2D eigenvalue weighted by atomic mass is 35.5. The molecule has 0 N–H and O–H groups in total. The van der Waals surface area contributed by atoms with E-state index in [4.69, 9.17) is 37.4 Å². The summed E-state index contributed by atoms with van der Waals surface area (Å²) in [4.78, 5) is 17.3. The Labute approximate surface area is 217 Å². The molecule has 0 spiro atoms. The maximum absolute atomic E-state index is 13.3. The van der Waals surface area contributed by atoms with E-state index in [1.807, 2.05) is 25.1 Å². The van der Waals surface area contributed by atoms with E-state index in [9.17, 15) is 4.79 Å². The summed E-state index contributed by atoms with van der Waals surface area (Å²) in [6, 6.07) is 13.5. The molecule has 3 rings (SSSR count). The van der Waals surface area contributed by atoms with Crippen molar-refractivity contribution >= 4 is 29.2 Å². The van der Waals surface area contributed by atoms with Crippen molar-refractivity contribution in [3.63, 3.8) is 0 Å². The Kier molecular flexibility index (Phi) is 9.41. The minimum Gasteiger partial charge on any atom is -0.493 e. The molecular formula is C28H31Cl2NO4. The number of ether oxygens (including phenoxy) is 3. The Morgan fingerprint density at radius 3 is 2.03 bits per heavy atom. The van der Waals surface area contributed by atoms with Crippen molar-refractivity contribution in [2.45, 2.75) is 45.6 Å². The van der Waals surface area contributed by atoms with Gasteiger partial charge in [-0.05, 0) is 53.6 Å². The number of benzene rings is 2. The SMILES string of the molecule is COc1ccc(C(Cc2c(Cl)cncc2Cl)OC(=O)[C@@H](C)c2ccc(CC(C)C)cc2)cc1OC. The Bertz CT molecular complexity index is 1130. The van der Waals surface area contributed by atoms with Crippen LogP contribution in [0.4, 0.5) is 0 Å². The van der Waals surface area contributed by atoms with Crippen molar-refractivity contribution in [2.75, 3.05) is 14.2 Å². The number of hydrogen-bond acceptors (Lipinski definition) is 5. The molecule has 0 aliphatic carbocycles. The lowest BCUT2D eigenvalue weighted by Gasteiger charge is -2.23. The van der Waals surface area contributed by atoms with E-state index >= 15 is 0 Å². The van der Waals surface area contributed by atoms with Crippen LogP contribution in [0.5, 0.6) is 11.5 Å². The van der Waals surface area contributed by atoms with Gasteiger partial charge in [-0.2, -0.15) is 0 Å². The molecule has 0 saturated carbocycles. The van der Waals surface area contributed by atoms with E-state index in [1.165, 1.54) is 18.0 Å². The van der Waals surface area contributed by atoms with E-state index in [-0.39, 0.29) is 12.4 Å². The molecule has 0 aliphatic heterocycles. The van der Waals surface area contributed by atoms with Gasteiger partial charge in [0.05, 0.1) is 30.2 Å². The molecule has 3 aromatic rings. The zero-order valence-electron chi connectivity index (χ0n) is 20.7. The number of hydrogen-bond donors (Lipinski definition) is 0. The van der Waals surface area contributed by atoms with Crippen LogP contribution in [0, 0.1) is 5.92 Å². The number of nitrogens with zero attached hydrogens (tertiary/aromatic N) is 1. The summed E-state index contributed by atoms with van der Waals surface area (Å²) in [6.07, 6.45) is 3.67. The second-order valence-corrected chi connectivity index (χ2v) is 9.70. The maximum Gasteiger partial charge on any atom is 0.313 e. The van der Waals surface area contributed by atoms with E-state index in [2.05, 4.69) is 31.0 Å². The van der Waals surface area contributed by atoms with Gasteiger partial charge in [0, 0.05) is 18.8 Å². The normalized spacial score (nSPS) is 12.8. The van der Waals surface area contributed by atoms with Gasteiger partial charge in [-0.15, -0.1) is 0 Å². The Hall–Kier alpha value is -2.76. The summed E-state index contributed by atoms with van der Waals surface area (Å²) in [7, 11) is 3.13. The molecule has 0 amide bonds. The average molecular weight is 516 g/mol. The molecular weight excluding hydrogens is 485 g/mol. The van der Waals surface area contributed by atoms with Crippen molar-refractivity contribution in [1.82, 2.24) is 4.98 Å². The maximum atomic E-state index is 13.3. The minimum absolute atomic E-state index is 0.279. The van der Waals surface area contributed by atoms with Gasteiger partial charge < -0.3 is 14.2 Å². The number of carbonyl (C=O) groups is 1. The molecule has 2 atom stereocenters. The zero-order valence-corrected chi connectivity index (χ0v) is 22.2. The molecule has 0 bridgehead atoms. The highest BCUT2D eigenvalue weighted by Gasteiger charge is 2.25. The summed E-state index contributed by atoms with van der Waals surface area (Å²) in [5, 5.41) is 0.820. The summed E-state index contributed by atoms with van der Waals surface area (Å²) in [5.41, 5.74) is 3.53. The van der Waals surface area contributed by atoms with Crippen molar-refractivity contribution in [3.8, 4) is 11.5 Å². The molecule has 0 saturated heterocycles. The second kappa shape index (κ2) is 12.3. The molecule has 1 aromatic heterocycles. The summed E-state index contributed by atoms with van der Waals surface area (Å²) in [6.45, 7) is 6.21. The van der Waals surface area contributed by atoms with E-state index in [0.717, 1.165) is 17.5 Å². The molecule has 1 heterocycles. The van der Waals surface area contributed by atoms with Crippen molar-refractivity contribution in [1.29, 1.82) is 0 Å². The molecule has 186 valence electrons. The summed E-state index contributed by atoms with van der Waals surface area (Å²) < 4.78 is 16.9. The van der Waals surface area contributed by atoms with Gasteiger partial charge in [0.15, 0.2) is 11.5 Å². The molecule has 2 aromatic carbocycles. The lowest BCUT2D eigenvalue weighted by atomic mass is 9.96. The molecule has 0 radical (unpaired) electrons. The minimum atomic E-state index is -0.651. The number of carbonyl (C=O) groups excluding carboxylic acids is 1. The predicted molar refractivity (Wildman–Crippen MR) is 140 cm³/mol. The van der Waals surface area contributed by atoms with Crippen LogP contribution in [0.1, 0.15) is 55.0 Å². The van der Waals surface area contributed by atoms with Crippen LogP contribution in [0.2, 0.25) is 10.0 Å². The van der Waals surface area contributed by atoms with Gasteiger partial charge in [0.2, 0.25) is 0 Å². The fourth-order valence-electron chi connectivity index (χ4n) is 3.89. The van der Waals surface area contributed by atoms with Gasteiger partial charge in [-0.3, -0.25) is 9.78 Å². The number of esters is 1. The number of aromatic nitrogens is 1. The zero-order chi connectivity index (χ0) is 25.5. The predicted octanol–water partition coefficient (Wildman–Crippen LogP) is 7.23.